The summed E-state index contributed by atoms with van der Waals surface area (Å²) in [6.45, 7) is 5.79. The second-order valence-electron chi connectivity index (χ2n) is 9.61. The van der Waals surface area contributed by atoms with Gasteiger partial charge < -0.3 is 14.2 Å². The van der Waals surface area contributed by atoms with E-state index in [0.29, 0.717) is 19.1 Å². The van der Waals surface area contributed by atoms with Crippen LogP contribution in [0.4, 0.5) is 0 Å². The Morgan fingerprint density at radius 2 is 1.94 bits per heavy atom. The highest BCUT2D eigenvalue weighted by atomic mass is 16.5. The van der Waals surface area contributed by atoms with Gasteiger partial charge in [-0.1, -0.05) is 6.07 Å². The predicted octanol–water partition coefficient (Wildman–Crippen LogP) is 2.64. The number of amides is 1. The fourth-order valence-corrected chi connectivity index (χ4v) is 5.96. The van der Waals surface area contributed by atoms with Crippen molar-refractivity contribution >= 4 is 5.91 Å². The molecule has 1 amide bonds. The third-order valence-corrected chi connectivity index (χ3v) is 7.50. The zero-order chi connectivity index (χ0) is 20.9. The monoisotopic (exact) mass is 419 g/mol. The van der Waals surface area contributed by atoms with E-state index in [2.05, 4.69) is 11.0 Å². The van der Waals surface area contributed by atoms with Crippen molar-refractivity contribution in [2.75, 3.05) is 32.8 Å². The minimum atomic E-state index is 0.103. The summed E-state index contributed by atoms with van der Waals surface area (Å²) in [7, 11) is 0. The summed E-state index contributed by atoms with van der Waals surface area (Å²) >= 11 is 0. The molecule has 2 aromatic rings. The van der Waals surface area contributed by atoms with Gasteiger partial charge in [0.05, 0.1) is 6.61 Å². The first kappa shape index (κ1) is 19.1. The van der Waals surface area contributed by atoms with Crippen LogP contribution in [0.1, 0.15) is 52.4 Å². The molecule has 0 unspecified atom stereocenters. The van der Waals surface area contributed by atoms with Gasteiger partial charge in [0.15, 0.2) is 0 Å². The number of rotatable bonds is 3. The summed E-state index contributed by atoms with van der Waals surface area (Å²) in [5.41, 5.74) is 4.08. The van der Waals surface area contributed by atoms with Crippen LogP contribution < -0.4 is 10.3 Å². The van der Waals surface area contributed by atoms with Crippen molar-refractivity contribution in [2.24, 2.45) is 5.92 Å². The van der Waals surface area contributed by atoms with Crippen LogP contribution in [0.25, 0.3) is 0 Å². The summed E-state index contributed by atoms with van der Waals surface area (Å²) in [6.07, 6.45) is 4.40. The number of hydrogen-bond acceptors (Lipinski definition) is 4. The molecule has 0 aliphatic carbocycles. The van der Waals surface area contributed by atoms with E-state index < -0.39 is 0 Å². The Kier molecular flexibility index (Phi) is 4.64. The van der Waals surface area contributed by atoms with E-state index in [1.165, 1.54) is 12.8 Å². The maximum atomic E-state index is 13.3. The van der Waals surface area contributed by atoms with Crippen LogP contribution in [-0.4, -0.2) is 53.1 Å². The molecule has 1 aromatic carbocycles. The standard InChI is InChI=1S/C25H29N3O3/c29-24(19-4-6-23-18(12-19)7-10-31-23)27-13-17-11-21(16-27)22-5-3-20(25(30)28(22)14-17)15-26-8-1-2-9-26/h3-6,12,17,21H,1-2,7-11,13-16H2/t17-,21+/m0/s1. The highest BCUT2D eigenvalue weighted by Gasteiger charge is 2.37. The minimum absolute atomic E-state index is 0.103. The molecule has 0 N–H and O–H groups in total. The highest BCUT2D eigenvalue weighted by Crippen LogP contribution is 2.36. The molecule has 31 heavy (non-hydrogen) atoms. The third-order valence-electron chi connectivity index (χ3n) is 7.50. The number of benzene rings is 1. The number of likely N-dealkylation sites (tertiary alicyclic amines) is 2. The molecule has 4 aliphatic heterocycles. The van der Waals surface area contributed by atoms with Crippen molar-refractivity contribution < 1.29 is 9.53 Å². The molecule has 0 radical (unpaired) electrons. The molecular formula is C25H29N3O3. The normalized spacial score (nSPS) is 24.6. The van der Waals surface area contributed by atoms with E-state index in [1.807, 2.05) is 33.7 Å². The lowest BCUT2D eigenvalue weighted by Gasteiger charge is -2.43. The maximum absolute atomic E-state index is 13.3. The first-order valence-corrected chi connectivity index (χ1v) is 11.7. The Morgan fingerprint density at radius 3 is 2.81 bits per heavy atom. The summed E-state index contributed by atoms with van der Waals surface area (Å²) in [5.74, 6) is 1.59. The fourth-order valence-electron chi connectivity index (χ4n) is 5.96. The Hall–Kier alpha value is -2.60. The molecule has 2 atom stereocenters. The average Bonchev–Trinajstić information content (AvgIpc) is 3.46. The average molecular weight is 420 g/mol. The van der Waals surface area contributed by atoms with Crippen molar-refractivity contribution in [1.82, 2.24) is 14.4 Å². The van der Waals surface area contributed by atoms with E-state index >= 15 is 0 Å². The fraction of sp³-hybridized carbons (Fsp3) is 0.520. The first-order chi connectivity index (χ1) is 15.2. The summed E-state index contributed by atoms with van der Waals surface area (Å²) < 4.78 is 7.59. The Labute approximate surface area is 182 Å². The number of carbonyl (C=O) groups is 1. The number of ether oxygens (including phenoxy) is 1. The van der Waals surface area contributed by atoms with Crippen LogP contribution in [0, 0.1) is 5.92 Å². The van der Waals surface area contributed by atoms with Crippen LogP contribution >= 0.6 is 0 Å². The number of nitrogens with zero attached hydrogens (tertiary/aromatic N) is 3. The van der Waals surface area contributed by atoms with Gasteiger partial charge in [-0.15, -0.1) is 0 Å². The predicted molar refractivity (Wildman–Crippen MR) is 118 cm³/mol. The smallest absolute Gasteiger partial charge is 0.255 e. The van der Waals surface area contributed by atoms with Gasteiger partial charge >= 0.3 is 0 Å². The van der Waals surface area contributed by atoms with E-state index in [4.69, 9.17) is 4.74 Å². The number of fused-ring (bicyclic) bond motifs is 5. The van der Waals surface area contributed by atoms with Gasteiger partial charge in [-0.3, -0.25) is 14.5 Å². The lowest BCUT2D eigenvalue weighted by molar-refractivity contribution is 0.0594. The SMILES string of the molecule is O=C(c1ccc2c(c1)CCO2)N1C[C@@H]2C[C@H](C1)c1ccc(CN3CCCC3)c(=O)n1C2. The lowest BCUT2D eigenvalue weighted by Crippen LogP contribution is -2.49. The van der Waals surface area contributed by atoms with Crippen LogP contribution in [-0.2, 0) is 19.5 Å². The molecule has 6 rings (SSSR count). The lowest BCUT2D eigenvalue weighted by atomic mass is 9.82. The highest BCUT2D eigenvalue weighted by molar-refractivity contribution is 5.94. The zero-order valence-electron chi connectivity index (χ0n) is 17.9. The van der Waals surface area contributed by atoms with Gasteiger partial charge in [-0.25, -0.2) is 0 Å². The number of carbonyl (C=O) groups excluding carboxylic acids is 1. The van der Waals surface area contributed by atoms with E-state index in [9.17, 15) is 9.59 Å². The molecule has 2 fully saturated rings. The number of aromatic nitrogens is 1. The second-order valence-corrected chi connectivity index (χ2v) is 9.61. The molecule has 0 saturated carbocycles. The zero-order valence-corrected chi connectivity index (χ0v) is 17.9. The molecule has 162 valence electrons. The van der Waals surface area contributed by atoms with Crippen LogP contribution in [0.2, 0.25) is 0 Å². The van der Waals surface area contributed by atoms with Crippen molar-refractivity contribution in [3.63, 3.8) is 0 Å². The van der Waals surface area contributed by atoms with Crippen molar-refractivity contribution in [3.8, 4) is 5.75 Å². The summed E-state index contributed by atoms with van der Waals surface area (Å²) in [6, 6.07) is 10.00. The third kappa shape index (κ3) is 3.37. The molecule has 4 aliphatic rings. The Morgan fingerprint density at radius 1 is 1.06 bits per heavy atom. The van der Waals surface area contributed by atoms with Crippen LogP contribution in [0.3, 0.4) is 0 Å². The summed E-state index contributed by atoms with van der Waals surface area (Å²) in [4.78, 5) is 30.9. The van der Waals surface area contributed by atoms with E-state index in [-0.39, 0.29) is 17.4 Å². The molecule has 1 aromatic heterocycles. The number of hydrogen-bond donors (Lipinski definition) is 0. The quantitative estimate of drug-likeness (QED) is 0.768. The van der Waals surface area contributed by atoms with E-state index in [1.54, 1.807) is 0 Å². The van der Waals surface area contributed by atoms with Crippen LogP contribution in [0.15, 0.2) is 35.1 Å². The van der Waals surface area contributed by atoms with Gasteiger partial charge in [0.2, 0.25) is 0 Å². The van der Waals surface area contributed by atoms with Gasteiger partial charge in [0.1, 0.15) is 5.75 Å². The first-order valence-electron chi connectivity index (χ1n) is 11.7. The van der Waals surface area contributed by atoms with Gasteiger partial charge in [-0.05, 0) is 68.1 Å². The number of pyridine rings is 1. The van der Waals surface area contributed by atoms with Crippen molar-refractivity contribution in [1.29, 1.82) is 0 Å². The minimum Gasteiger partial charge on any atom is -0.493 e. The van der Waals surface area contributed by atoms with Crippen molar-refractivity contribution in [3.05, 3.63) is 63.1 Å². The van der Waals surface area contributed by atoms with Gasteiger partial charge in [0.25, 0.3) is 11.5 Å². The maximum Gasteiger partial charge on any atom is 0.255 e. The van der Waals surface area contributed by atoms with Gasteiger partial charge in [-0.2, -0.15) is 0 Å². The summed E-state index contributed by atoms with van der Waals surface area (Å²) in [5, 5.41) is 0. The molecule has 2 saturated heterocycles. The molecule has 0 spiro atoms. The molecule has 6 heteroatoms. The molecule has 5 heterocycles. The molecule has 2 bridgehead atoms. The largest absolute Gasteiger partial charge is 0.493 e. The van der Waals surface area contributed by atoms with Crippen LogP contribution in [0.5, 0.6) is 5.75 Å². The van der Waals surface area contributed by atoms with E-state index in [0.717, 1.165) is 73.7 Å². The molecular weight excluding hydrogens is 390 g/mol. The molecule has 6 nitrogen and oxygen atoms in total. The van der Waals surface area contributed by atoms with Gasteiger partial charge in [0, 0.05) is 55.3 Å². The Balaban J connectivity index is 1.23. The van der Waals surface area contributed by atoms with Crippen molar-refractivity contribution in [2.45, 2.75) is 44.7 Å². The number of piperidine rings is 1. The topological polar surface area (TPSA) is 54.8 Å². The Bertz CT molecular complexity index is 1090. The second kappa shape index (κ2) is 7.52.